The molecular weight excluding hydrogens is 171 g/mol. The highest BCUT2D eigenvalue weighted by Crippen LogP contribution is 2.20. The lowest BCUT2D eigenvalue weighted by molar-refractivity contribution is -0.137. The van der Waals surface area contributed by atoms with E-state index in [2.05, 4.69) is 0 Å². The second kappa shape index (κ2) is 5.37. The van der Waals surface area contributed by atoms with Crippen molar-refractivity contribution in [3.8, 4) is 0 Å². The summed E-state index contributed by atoms with van der Waals surface area (Å²) < 4.78 is 39.5. The smallest absolute Gasteiger partial charge is 0.380 e. The van der Waals surface area contributed by atoms with Gasteiger partial charge in [-0.05, 0) is 13.3 Å². The van der Waals surface area contributed by atoms with Crippen molar-refractivity contribution in [3.63, 3.8) is 0 Å². The first kappa shape index (κ1) is 11.7. The molecule has 0 saturated heterocycles. The molecule has 12 heavy (non-hydrogen) atoms. The van der Waals surface area contributed by atoms with E-state index in [1.165, 1.54) is 0 Å². The highest BCUT2D eigenvalue weighted by Gasteiger charge is 2.25. The maximum absolute atomic E-state index is 11.6. The molecule has 0 aromatic rings. The Bertz CT molecular complexity index is 114. The van der Waals surface area contributed by atoms with Crippen molar-refractivity contribution in [1.82, 2.24) is 0 Å². The van der Waals surface area contributed by atoms with E-state index in [-0.39, 0.29) is 19.1 Å². The summed E-state index contributed by atoms with van der Waals surface area (Å²) in [4.78, 5) is 0. The number of rotatable bonds is 5. The van der Waals surface area contributed by atoms with E-state index >= 15 is 0 Å². The van der Waals surface area contributed by atoms with Crippen LogP contribution in [0.2, 0.25) is 0 Å². The van der Waals surface area contributed by atoms with Gasteiger partial charge in [0.2, 0.25) is 0 Å². The number of ether oxygens (including phenoxy) is 1. The third-order valence-electron chi connectivity index (χ3n) is 1.13. The molecule has 2 nitrogen and oxygen atoms in total. The monoisotopic (exact) mass is 185 g/mol. The van der Waals surface area contributed by atoms with Crippen molar-refractivity contribution >= 4 is 0 Å². The van der Waals surface area contributed by atoms with Crippen LogP contribution in [-0.2, 0) is 4.74 Å². The molecule has 0 amide bonds. The van der Waals surface area contributed by atoms with Crippen LogP contribution in [0.15, 0.2) is 0 Å². The summed E-state index contributed by atoms with van der Waals surface area (Å²) in [5.74, 6) is 0. The number of halogens is 3. The largest absolute Gasteiger partial charge is 0.389 e. The Morgan fingerprint density at radius 3 is 2.42 bits per heavy atom. The minimum absolute atomic E-state index is 0.0101. The van der Waals surface area contributed by atoms with Crippen molar-refractivity contribution in [1.29, 1.82) is 0 Å². The van der Waals surface area contributed by atoms with Gasteiger partial charge < -0.3 is 10.5 Å². The zero-order valence-electron chi connectivity index (χ0n) is 7.03. The molecule has 2 N–H and O–H groups in total. The molecule has 1 atom stereocenters. The van der Waals surface area contributed by atoms with Gasteiger partial charge in [-0.15, -0.1) is 0 Å². The van der Waals surface area contributed by atoms with E-state index in [4.69, 9.17) is 10.5 Å². The summed E-state index contributed by atoms with van der Waals surface area (Å²) in [5, 5.41) is 0. The van der Waals surface area contributed by atoms with Crippen LogP contribution in [0.3, 0.4) is 0 Å². The van der Waals surface area contributed by atoms with Gasteiger partial charge in [0.25, 0.3) is 0 Å². The molecular formula is C7H14F3NO. The molecule has 0 aromatic carbocycles. The molecule has 0 spiro atoms. The fraction of sp³-hybridized carbons (Fsp3) is 1.00. The van der Waals surface area contributed by atoms with Gasteiger partial charge in [0.15, 0.2) is 0 Å². The van der Waals surface area contributed by atoms with Gasteiger partial charge in [0.1, 0.15) is 0 Å². The lowest BCUT2D eigenvalue weighted by atomic mass is 10.3. The van der Waals surface area contributed by atoms with Crippen LogP contribution < -0.4 is 5.73 Å². The molecule has 0 heterocycles. The Morgan fingerprint density at radius 2 is 2.00 bits per heavy atom. The van der Waals surface area contributed by atoms with E-state index in [1.54, 1.807) is 6.92 Å². The average Bonchev–Trinajstić information content (AvgIpc) is 1.83. The third-order valence-corrected chi connectivity index (χ3v) is 1.13. The normalized spacial score (nSPS) is 14.8. The Kier molecular flexibility index (Phi) is 5.24. The minimum Gasteiger partial charge on any atom is -0.380 e. The van der Waals surface area contributed by atoms with Gasteiger partial charge in [-0.25, -0.2) is 0 Å². The van der Waals surface area contributed by atoms with Crippen LogP contribution in [0, 0.1) is 0 Å². The Hall–Kier alpha value is -0.290. The fourth-order valence-electron chi connectivity index (χ4n) is 0.644. The van der Waals surface area contributed by atoms with Crippen molar-refractivity contribution in [2.75, 3.05) is 13.2 Å². The molecule has 74 valence electrons. The first-order valence-electron chi connectivity index (χ1n) is 3.82. The number of hydrogen-bond donors (Lipinski definition) is 1. The summed E-state index contributed by atoms with van der Waals surface area (Å²) >= 11 is 0. The Morgan fingerprint density at radius 1 is 1.42 bits per heavy atom. The van der Waals surface area contributed by atoms with Crippen LogP contribution in [0.4, 0.5) is 13.2 Å². The van der Waals surface area contributed by atoms with Crippen LogP contribution >= 0.6 is 0 Å². The molecule has 0 unspecified atom stereocenters. The topological polar surface area (TPSA) is 35.2 Å². The van der Waals surface area contributed by atoms with E-state index in [0.29, 0.717) is 6.61 Å². The highest BCUT2D eigenvalue weighted by atomic mass is 19.4. The second-order valence-corrected chi connectivity index (χ2v) is 2.77. The van der Waals surface area contributed by atoms with E-state index in [1.807, 2.05) is 0 Å². The molecule has 0 aliphatic heterocycles. The lowest BCUT2D eigenvalue weighted by Crippen LogP contribution is -2.22. The molecule has 0 aliphatic rings. The Labute approximate surface area is 69.9 Å². The zero-order valence-corrected chi connectivity index (χ0v) is 7.03. The van der Waals surface area contributed by atoms with Gasteiger partial charge in [-0.2, -0.15) is 13.2 Å². The van der Waals surface area contributed by atoms with Crippen LogP contribution in [0.5, 0.6) is 0 Å². The molecule has 5 heteroatoms. The van der Waals surface area contributed by atoms with Gasteiger partial charge in [0, 0.05) is 19.1 Å². The molecule has 0 aliphatic carbocycles. The highest BCUT2D eigenvalue weighted by molar-refractivity contribution is 4.52. The van der Waals surface area contributed by atoms with E-state index < -0.39 is 12.6 Å². The standard InChI is InChI=1S/C7H14F3NO/c1-6(11)5-12-4-2-3-7(8,9)10/h6H,2-5,11H2,1H3/t6-/m1/s1. The molecule has 0 aromatic heterocycles. The van der Waals surface area contributed by atoms with Gasteiger partial charge in [0.05, 0.1) is 6.61 Å². The molecule has 0 fully saturated rings. The van der Waals surface area contributed by atoms with E-state index in [0.717, 1.165) is 0 Å². The summed E-state index contributed by atoms with van der Waals surface area (Å²) in [5.41, 5.74) is 5.31. The Balaban J connectivity index is 3.12. The van der Waals surface area contributed by atoms with Crippen molar-refractivity contribution in [3.05, 3.63) is 0 Å². The quantitative estimate of drug-likeness (QED) is 0.661. The summed E-state index contributed by atoms with van der Waals surface area (Å²) in [6.07, 6.45) is -4.85. The van der Waals surface area contributed by atoms with Crippen LogP contribution in [-0.4, -0.2) is 25.4 Å². The van der Waals surface area contributed by atoms with Crippen molar-refractivity contribution < 1.29 is 17.9 Å². The first-order chi connectivity index (χ1) is 5.42. The minimum atomic E-state index is -4.07. The predicted octanol–water partition coefficient (Wildman–Crippen LogP) is 1.69. The maximum atomic E-state index is 11.6. The maximum Gasteiger partial charge on any atom is 0.389 e. The first-order valence-corrected chi connectivity index (χ1v) is 3.82. The van der Waals surface area contributed by atoms with Crippen molar-refractivity contribution in [2.45, 2.75) is 32.0 Å². The fourth-order valence-corrected chi connectivity index (χ4v) is 0.644. The lowest BCUT2D eigenvalue weighted by Gasteiger charge is -2.08. The molecule has 0 rings (SSSR count). The molecule has 0 bridgehead atoms. The third kappa shape index (κ3) is 9.71. The SMILES string of the molecule is C[C@@H](N)COCCCC(F)(F)F. The number of alkyl halides is 3. The molecule has 0 radical (unpaired) electrons. The van der Waals surface area contributed by atoms with E-state index in [9.17, 15) is 13.2 Å². The van der Waals surface area contributed by atoms with Gasteiger partial charge in [-0.3, -0.25) is 0 Å². The second-order valence-electron chi connectivity index (χ2n) is 2.77. The zero-order chi connectivity index (χ0) is 9.61. The predicted molar refractivity (Wildman–Crippen MR) is 39.8 cm³/mol. The number of nitrogens with two attached hydrogens (primary N) is 1. The average molecular weight is 185 g/mol. The molecule has 0 saturated carbocycles. The van der Waals surface area contributed by atoms with Crippen LogP contribution in [0.25, 0.3) is 0 Å². The summed E-state index contributed by atoms with van der Waals surface area (Å²) in [6.45, 7) is 2.18. The van der Waals surface area contributed by atoms with Gasteiger partial charge in [-0.1, -0.05) is 0 Å². The van der Waals surface area contributed by atoms with Crippen molar-refractivity contribution in [2.24, 2.45) is 5.73 Å². The number of hydrogen-bond acceptors (Lipinski definition) is 2. The van der Waals surface area contributed by atoms with Crippen LogP contribution in [0.1, 0.15) is 19.8 Å². The summed E-state index contributed by atoms with van der Waals surface area (Å²) in [6, 6.07) is -0.115. The van der Waals surface area contributed by atoms with Gasteiger partial charge >= 0.3 is 6.18 Å². The summed E-state index contributed by atoms with van der Waals surface area (Å²) in [7, 11) is 0.